The number of hydrogen-bond acceptors (Lipinski definition) is 2. The topological polar surface area (TPSA) is 12.9 Å². The summed E-state index contributed by atoms with van der Waals surface area (Å²) in [6.07, 6.45) is -8.29. The van der Waals surface area contributed by atoms with Gasteiger partial charge in [-0.25, -0.2) is 9.37 Å². The van der Waals surface area contributed by atoms with E-state index in [2.05, 4.69) is 4.98 Å². The van der Waals surface area contributed by atoms with Crippen LogP contribution in [0.3, 0.4) is 0 Å². The highest BCUT2D eigenvalue weighted by atomic mass is 32.1. The van der Waals surface area contributed by atoms with Crippen LogP contribution in [0.2, 0.25) is 0 Å². The van der Waals surface area contributed by atoms with Crippen molar-refractivity contribution in [3.63, 3.8) is 0 Å². The summed E-state index contributed by atoms with van der Waals surface area (Å²) in [4.78, 5) is 4.92. The van der Waals surface area contributed by atoms with Gasteiger partial charge in [0.2, 0.25) is 0 Å². The third-order valence-electron chi connectivity index (χ3n) is 5.26. The van der Waals surface area contributed by atoms with Gasteiger partial charge in [0.05, 0.1) is 16.8 Å². The highest BCUT2D eigenvalue weighted by Crippen LogP contribution is 2.57. The maximum atomic E-state index is 14.4. The molecular formula is C21H14F7NS. The summed E-state index contributed by atoms with van der Waals surface area (Å²) < 4.78 is 93.3. The SMILES string of the molecule is Cc1sc(C2(c3ccccc3C(F)(F)F)CC2)nc1-c1ccc(C(F)(F)F)cc1F. The molecule has 30 heavy (non-hydrogen) atoms. The van der Waals surface area contributed by atoms with Crippen molar-refractivity contribution in [3.05, 3.63) is 74.9 Å². The largest absolute Gasteiger partial charge is 0.416 e. The van der Waals surface area contributed by atoms with Crippen molar-refractivity contribution in [2.24, 2.45) is 0 Å². The second-order valence-electron chi connectivity index (χ2n) is 7.24. The van der Waals surface area contributed by atoms with E-state index in [0.29, 0.717) is 28.8 Å². The van der Waals surface area contributed by atoms with Gasteiger partial charge in [0.25, 0.3) is 0 Å². The second kappa shape index (κ2) is 6.80. The fourth-order valence-corrected chi connectivity index (χ4v) is 4.79. The van der Waals surface area contributed by atoms with Gasteiger partial charge in [-0.15, -0.1) is 11.3 Å². The van der Waals surface area contributed by atoms with Gasteiger partial charge in [-0.05, 0) is 49.6 Å². The lowest BCUT2D eigenvalue weighted by atomic mass is 9.91. The maximum absolute atomic E-state index is 14.4. The first kappa shape index (κ1) is 20.8. The average Bonchev–Trinajstić information content (AvgIpc) is 3.37. The number of thiazole rings is 1. The molecule has 4 rings (SSSR count). The first-order valence-corrected chi connectivity index (χ1v) is 9.77. The summed E-state index contributed by atoms with van der Waals surface area (Å²) in [6.45, 7) is 1.62. The van der Waals surface area contributed by atoms with Gasteiger partial charge >= 0.3 is 12.4 Å². The van der Waals surface area contributed by atoms with E-state index in [4.69, 9.17) is 0 Å². The molecule has 0 spiro atoms. The van der Waals surface area contributed by atoms with Crippen LogP contribution in [0.5, 0.6) is 0 Å². The van der Waals surface area contributed by atoms with Crippen molar-refractivity contribution >= 4 is 11.3 Å². The van der Waals surface area contributed by atoms with Crippen LogP contribution >= 0.6 is 11.3 Å². The van der Waals surface area contributed by atoms with Crippen molar-refractivity contribution in [2.45, 2.75) is 37.5 Å². The lowest BCUT2D eigenvalue weighted by Gasteiger charge is -2.19. The quantitative estimate of drug-likeness (QED) is 0.384. The minimum atomic E-state index is -4.68. The molecule has 1 fully saturated rings. The average molecular weight is 445 g/mol. The Kier molecular flexibility index (Phi) is 4.72. The van der Waals surface area contributed by atoms with E-state index >= 15 is 0 Å². The van der Waals surface area contributed by atoms with Crippen LogP contribution in [0.1, 0.15) is 39.4 Å². The van der Waals surface area contributed by atoms with Crippen molar-refractivity contribution in [3.8, 4) is 11.3 Å². The van der Waals surface area contributed by atoms with E-state index in [1.54, 1.807) is 6.92 Å². The monoisotopic (exact) mass is 445 g/mol. The molecule has 9 heteroatoms. The third-order valence-corrected chi connectivity index (χ3v) is 6.43. The zero-order chi connectivity index (χ0) is 21.9. The molecule has 1 aromatic heterocycles. The number of aromatic nitrogens is 1. The van der Waals surface area contributed by atoms with Crippen LogP contribution in [0.4, 0.5) is 30.7 Å². The summed E-state index contributed by atoms with van der Waals surface area (Å²) in [6, 6.07) is 7.47. The van der Waals surface area contributed by atoms with Gasteiger partial charge in [0.15, 0.2) is 0 Å². The minimum Gasteiger partial charge on any atom is -0.240 e. The highest BCUT2D eigenvalue weighted by Gasteiger charge is 2.52. The van der Waals surface area contributed by atoms with E-state index in [-0.39, 0.29) is 16.8 Å². The van der Waals surface area contributed by atoms with Gasteiger partial charge in [-0.1, -0.05) is 18.2 Å². The molecule has 1 saturated carbocycles. The Morgan fingerprint density at radius 1 is 0.933 bits per heavy atom. The minimum absolute atomic E-state index is 0.108. The highest BCUT2D eigenvalue weighted by molar-refractivity contribution is 7.12. The summed E-state index contributed by atoms with van der Waals surface area (Å²) in [5.74, 6) is -1.08. The molecule has 158 valence electrons. The lowest BCUT2D eigenvalue weighted by molar-refractivity contribution is -0.139. The van der Waals surface area contributed by atoms with Crippen LogP contribution in [0.15, 0.2) is 42.5 Å². The third kappa shape index (κ3) is 3.49. The Morgan fingerprint density at radius 2 is 1.60 bits per heavy atom. The molecule has 1 nitrogen and oxygen atoms in total. The Morgan fingerprint density at radius 3 is 2.17 bits per heavy atom. The first-order chi connectivity index (χ1) is 13.9. The maximum Gasteiger partial charge on any atom is 0.416 e. The van der Waals surface area contributed by atoms with E-state index in [0.717, 1.165) is 29.5 Å². The number of aryl methyl sites for hydroxylation is 1. The Bertz CT molecular complexity index is 1110. The molecule has 1 aliphatic rings. The van der Waals surface area contributed by atoms with Gasteiger partial charge in [-0.2, -0.15) is 26.3 Å². The van der Waals surface area contributed by atoms with Crippen molar-refractivity contribution in [2.75, 3.05) is 0 Å². The smallest absolute Gasteiger partial charge is 0.240 e. The van der Waals surface area contributed by atoms with E-state index in [1.165, 1.54) is 18.2 Å². The molecule has 0 bridgehead atoms. The van der Waals surface area contributed by atoms with Crippen molar-refractivity contribution < 1.29 is 30.7 Å². The van der Waals surface area contributed by atoms with Gasteiger partial charge in [0, 0.05) is 15.9 Å². The van der Waals surface area contributed by atoms with Crippen LogP contribution < -0.4 is 0 Å². The van der Waals surface area contributed by atoms with Crippen LogP contribution in [0.25, 0.3) is 11.3 Å². The predicted octanol–water partition coefficient (Wildman–Crippen LogP) is 7.38. The normalized spacial score (nSPS) is 16.0. The predicted molar refractivity (Wildman–Crippen MR) is 98.7 cm³/mol. The molecule has 2 aromatic carbocycles. The van der Waals surface area contributed by atoms with Gasteiger partial charge < -0.3 is 0 Å². The Labute approximate surface area is 171 Å². The molecule has 0 amide bonds. The standard InChI is InChI=1S/C21H14F7NS/c1-11-17(13-7-6-12(10-16(13)22)20(23,24)25)29-18(30-11)19(8-9-19)14-4-2-3-5-15(14)21(26,27)28/h2-7,10H,8-9H2,1H3. The number of benzene rings is 2. The molecule has 1 heterocycles. The Hall–Kier alpha value is -2.42. The van der Waals surface area contributed by atoms with E-state index in [9.17, 15) is 30.7 Å². The molecule has 0 radical (unpaired) electrons. The fourth-order valence-electron chi connectivity index (χ4n) is 3.61. The molecule has 0 aliphatic heterocycles. The molecule has 1 aliphatic carbocycles. The fraction of sp³-hybridized carbons (Fsp3) is 0.286. The van der Waals surface area contributed by atoms with E-state index in [1.807, 2.05) is 0 Å². The zero-order valence-corrected chi connectivity index (χ0v) is 16.3. The van der Waals surface area contributed by atoms with Crippen LogP contribution in [-0.4, -0.2) is 4.98 Å². The van der Waals surface area contributed by atoms with Crippen LogP contribution in [0, 0.1) is 12.7 Å². The number of rotatable bonds is 3. The molecular weight excluding hydrogens is 431 g/mol. The molecule has 3 aromatic rings. The lowest BCUT2D eigenvalue weighted by Crippen LogP contribution is -2.17. The number of halogens is 7. The van der Waals surface area contributed by atoms with Crippen molar-refractivity contribution in [1.82, 2.24) is 4.98 Å². The summed E-state index contributed by atoms with van der Waals surface area (Å²) >= 11 is 1.14. The molecule has 0 saturated heterocycles. The second-order valence-corrected chi connectivity index (χ2v) is 8.44. The summed E-state index contributed by atoms with van der Waals surface area (Å²) in [5.41, 5.74) is -2.61. The van der Waals surface area contributed by atoms with Gasteiger partial charge in [-0.3, -0.25) is 0 Å². The number of hydrogen-bond donors (Lipinski definition) is 0. The summed E-state index contributed by atoms with van der Waals surface area (Å²) in [5, 5.41) is 0.408. The molecule has 0 atom stereocenters. The van der Waals surface area contributed by atoms with Gasteiger partial charge in [0.1, 0.15) is 10.8 Å². The summed E-state index contributed by atoms with van der Waals surface area (Å²) in [7, 11) is 0. The van der Waals surface area contributed by atoms with E-state index < -0.39 is 34.7 Å². The van der Waals surface area contributed by atoms with Crippen molar-refractivity contribution in [1.29, 1.82) is 0 Å². The number of alkyl halides is 6. The molecule has 0 N–H and O–H groups in total. The Balaban J connectivity index is 1.78. The zero-order valence-electron chi connectivity index (χ0n) is 15.5. The number of nitrogens with zero attached hydrogens (tertiary/aromatic N) is 1. The molecule has 0 unspecified atom stereocenters. The first-order valence-electron chi connectivity index (χ1n) is 8.95. The van der Waals surface area contributed by atoms with Crippen LogP contribution in [-0.2, 0) is 17.8 Å².